The molecule has 20 heavy (non-hydrogen) atoms. The quantitative estimate of drug-likeness (QED) is 0.520. The van der Waals surface area contributed by atoms with Crippen LogP contribution in [0.2, 0.25) is 0 Å². The highest BCUT2D eigenvalue weighted by Gasteiger charge is 2.21. The van der Waals surface area contributed by atoms with Crippen LogP contribution in [0.25, 0.3) is 0 Å². The van der Waals surface area contributed by atoms with E-state index in [9.17, 15) is 20.0 Å². The number of carboxylic acid groups (broad SMARTS) is 1. The summed E-state index contributed by atoms with van der Waals surface area (Å²) in [6.45, 7) is 1.77. The fourth-order valence-electron chi connectivity index (χ4n) is 1.62. The molecule has 0 spiro atoms. The molecule has 0 fully saturated rings. The van der Waals surface area contributed by atoms with Crippen molar-refractivity contribution in [1.29, 1.82) is 0 Å². The standard InChI is InChI=1S/C12H16N2O5S/c1-12(17,7-20-2)6-13-10-4-3-8(14(18)19)5-9(10)11(15)16/h3-5,13,17H,6-7H2,1-2H3,(H,15,16). The van der Waals surface area contributed by atoms with E-state index < -0.39 is 16.5 Å². The molecule has 7 nitrogen and oxygen atoms in total. The fraction of sp³-hybridized carbons (Fsp3) is 0.417. The number of nitro benzene ring substituents is 1. The summed E-state index contributed by atoms with van der Waals surface area (Å²) in [4.78, 5) is 21.1. The van der Waals surface area contributed by atoms with E-state index in [-0.39, 0.29) is 23.5 Å². The van der Waals surface area contributed by atoms with Gasteiger partial charge in [-0.05, 0) is 19.2 Å². The zero-order valence-electron chi connectivity index (χ0n) is 11.1. The predicted octanol–water partition coefficient (Wildman–Crippen LogP) is 1.82. The van der Waals surface area contributed by atoms with Crippen molar-refractivity contribution in [3.63, 3.8) is 0 Å². The van der Waals surface area contributed by atoms with E-state index in [1.807, 2.05) is 6.26 Å². The molecule has 3 N–H and O–H groups in total. The van der Waals surface area contributed by atoms with Crippen LogP contribution in [0, 0.1) is 10.1 Å². The van der Waals surface area contributed by atoms with Gasteiger partial charge in [-0.3, -0.25) is 10.1 Å². The molecule has 8 heteroatoms. The number of hydrogen-bond acceptors (Lipinski definition) is 6. The van der Waals surface area contributed by atoms with Gasteiger partial charge in [-0.2, -0.15) is 11.8 Å². The summed E-state index contributed by atoms with van der Waals surface area (Å²) < 4.78 is 0. The summed E-state index contributed by atoms with van der Waals surface area (Å²) >= 11 is 1.46. The molecule has 1 atom stereocenters. The van der Waals surface area contributed by atoms with Gasteiger partial charge < -0.3 is 15.5 Å². The third kappa shape index (κ3) is 4.39. The summed E-state index contributed by atoms with van der Waals surface area (Å²) in [5, 5.41) is 32.5. The summed E-state index contributed by atoms with van der Waals surface area (Å²) in [6.07, 6.45) is 1.85. The van der Waals surface area contributed by atoms with E-state index in [0.717, 1.165) is 6.07 Å². The van der Waals surface area contributed by atoms with Crippen molar-refractivity contribution in [1.82, 2.24) is 0 Å². The van der Waals surface area contributed by atoms with Crippen molar-refractivity contribution in [3.8, 4) is 0 Å². The van der Waals surface area contributed by atoms with Crippen molar-refractivity contribution in [2.75, 3.05) is 23.9 Å². The van der Waals surface area contributed by atoms with Crippen LogP contribution in [0.3, 0.4) is 0 Å². The van der Waals surface area contributed by atoms with Gasteiger partial charge in [-0.15, -0.1) is 0 Å². The van der Waals surface area contributed by atoms with Gasteiger partial charge in [0.2, 0.25) is 0 Å². The average Bonchev–Trinajstić information content (AvgIpc) is 2.36. The number of nitro groups is 1. The number of aliphatic hydroxyl groups is 1. The van der Waals surface area contributed by atoms with Crippen LogP contribution < -0.4 is 5.32 Å². The molecule has 0 saturated carbocycles. The smallest absolute Gasteiger partial charge is 0.338 e. The average molecular weight is 300 g/mol. The van der Waals surface area contributed by atoms with Crippen LogP contribution in [-0.2, 0) is 0 Å². The van der Waals surface area contributed by atoms with Crippen LogP contribution in [0.4, 0.5) is 11.4 Å². The highest BCUT2D eigenvalue weighted by molar-refractivity contribution is 7.98. The zero-order chi connectivity index (χ0) is 15.3. The number of aromatic carboxylic acids is 1. The minimum Gasteiger partial charge on any atom is -0.478 e. The maximum atomic E-state index is 11.1. The molecule has 0 aromatic heterocycles. The van der Waals surface area contributed by atoms with Crippen molar-refractivity contribution in [3.05, 3.63) is 33.9 Å². The highest BCUT2D eigenvalue weighted by Crippen LogP contribution is 2.23. The number of hydrogen-bond donors (Lipinski definition) is 3. The number of non-ortho nitro benzene ring substituents is 1. The van der Waals surface area contributed by atoms with E-state index in [1.165, 1.54) is 23.9 Å². The summed E-state index contributed by atoms with van der Waals surface area (Å²) in [5.74, 6) is -0.782. The fourth-order valence-corrected chi connectivity index (χ4v) is 2.35. The first-order valence-corrected chi connectivity index (χ1v) is 7.13. The molecule has 0 amide bonds. The number of carbonyl (C=O) groups is 1. The molecule has 0 bridgehead atoms. The SMILES string of the molecule is CSCC(C)(O)CNc1ccc([N+](=O)[O-])cc1C(=O)O. The molecule has 0 saturated heterocycles. The second-order valence-electron chi connectivity index (χ2n) is 4.58. The van der Waals surface area contributed by atoms with E-state index in [4.69, 9.17) is 5.11 Å². The number of nitrogens with one attached hydrogen (secondary N) is 1. The number of carboxylic acids is 1. The van der Waals surface area contributed by atoms with Gasteiger partial charge in [0.25, 0.3) is 5.69 Å². The Hall–Kier alpha value is -1.80. The summed E-state index contributed by atoms with van der Waals surface area (Å²) in [7, 11) is 0. The lowest BCUT2D eigenvalue weighted by molar-refractivity contribution is -0.384. The lowest BCUT2D eigenvalue weighted by atomic mass is 10.1. The molecule has 1 aromatic carbocycles. The Balaban J connectivity index is 2.95. The van der Waals surface area contributed by atoms with E-state index in [2.05, 4.69) is 5.32 Å². The molecular weight excluding hydrogens is 284 g/mol. The number of thioether (sulfide) groups is 1. The van der Waals surface area contributed by atoms with Gasteiger partial charge in [0.1, 0.15) is 0 Å². The Morgan fingerprint density at radius 3 is 2.70 bits per heavy atom. The molecular formula is C12H16N2O5S. The Morgan fingerprint density at radius 2 is 2.20 bits per heavy atom. The second kappa shape index (κ2) is 6.58. The summed E-state index contributed by atoms with van der Waals surface area (Å²) in [5.41, 5.74) is -1.25. The van der Waals surface area contributed by atoms with Gasteiger partial charge in [-0.25, -0.2) is 4.79 Å². The Bertz CT molecular complexity index is 519. The van der Waals surface area contributed by atoms with Crippen LogP contribution in [0.15, 0.2) is 18.2 Å². The molecule has 110 valence electrons. The van der Waals surface area contributed by atoms with E-state index in [0.29, 0.717) is 5.75 Å². The lowest BCUT2D eigenvalue weighted by Crippen LogP contribution is -2.36. The molecule has 1 unspecified atom stereocenters. The van der Waals surface area contributed by atoms with E-state index in [1.54, 1.807) is 6.92 Å². The highest BCUT2D eigenvalue weighted by atomic mass is 32.2. The van der Waals surface area contributed by atoms with Crippen molar-refractivity contribution in [2.24, 2.45) is 0 Å². The maximum absolute atomic E-state index is 11.1. The second-order valence-corrected chi connectivity index (χ2v) is 5.44. The first-order valence-electron chi connectivity index (χ1n) is 5.74. The molecule has 0 aliphatic rings. The monoisotopic (exact) mass is 300 g/mol. The maximum Gasteiger partial charge on any atom is 0.338 e. The number of rotatable bonds is 7. The zero-order valence-corrected chi connectivity index (χ0v) is 11.9. The minimum atomic E-state index is -1.26. The lowest BCUT2D eigenvalue weighted by Gasteiger charge is -2.23. The van der Waals surface area contributed by atoms with Crippen molar-refractivity contribution < 1.29 is 19.9 Å². The molecule has 1 rings (SSSR count). The van der Waals surface area contributed by atoms with Crippen molar-refractivity contribution in [2.45, 2.75) is 12.5 Å². The third-order valence-electron chi connectivity index (χ3n) is 2.56. The Kier molecular flexibility index (Phi) is 5.34. The number of anilines is 1. The Morgan fingerprint density at radius 1 is 1.55 bits per heavy atom. The number of benzene rings is 1. The minimum absolute atomic E-state index is 0.145. The van der Waals surface area contributed by atoms with Crippen LogP contribution >= 0.6 is 11.8 Å². The van der Waals surface area contributed by atoms with Gasteiger partial charge >= 0.3 is 5.97 Å². The molecule has 1 aromatic rings. The molecule has 0 radical (unpaired) electrons. The van der Waals surface area contributed by atoms with Gasteiger partial charge in [0.05, 0.1) is 16.1 Å². The largest absolute Gasteiger partial charge is 0.478 e. The topological polar surface area (TPSA) is 113 Å². The van der Waals surface area contributed by atoms with E-state index >= 15 is 0 Å². The van der Waals surface area contributed by atoms with Gasteiger partial charge in [0.15, 0.2) is 0 Å². The normalized spacial score (nSPS) is 13.6. The Labute approximate surface area is 120 Å². The number of nitrogens with zero attached hydrogens (tertiary/aromatic N) is 1. The molecule has 0 aliphatic carbocycles. The van der Waals surface area contributed by atoms with Gasteiger partial charge in [-0.1, -0.05) is 0 Å². The molecule has 0 aliphatic heterocycles. The van der Waals surface area contributed by atoms with Crippen LogP contribution in [0.5, 0.6) is 0 Å². The summed E-state index contributed by atoms with van der Waals surface area (Å²) in [6, 6.07) is 3.54. The predicted molar refractivity (Wildman–Crippen MR) is 77.6 cm³/mol. The third-order valence-corrected chi connectivity index (χ3v) is 3.47. The first kappa shape index (κ1) is 16.3. The van der Waals surface area contributed by atoms with Crippen molar-refractivity contribution >= 4 is 29.1 Å². The molecule has 0 heterocycles. The van der Waals surface area contributed by atoms with Crippen LogP contribution in [0.1, 0.15) is 17.3 Å². The first-order chi connectivity index (χ1) is 9.26. The van der Waals surface area contributed by atoms with Gasteiger partial charge in [0, 0.05) is 30.1 Å². The van der Waals surface area contributed by atoms with Crippen LogP contribution in [-0.4, -0.2) is 45.3 Å².